The Morgan fingerprint density at radius 3 is 2.30 bits per heavy atom. The van der Waals surface area contributed by atoms with Crippen LogP contribution in [-0.4, -0.2) is 30.4 Å². The van der Waals surface area contributed by atoms with Crippen LogP contribution in [0.3, 0.4) is 0 Å². The van der Waals surface area contributed by atoms with Gasteiger partial charge in [-0.1, -0.05) is 12.1 Å². The summed E-state index contributed by atoms with van der Waals surface area (Å²) in [5, 5.41) is 0. The molecule has 3 nitrogen and oxygen atoms in total. The molecule has 0 saturated heterocycles. The molecular weight excluding hydrogens is 279 g/mol. The summed E-state index contributed by atoms with van der Waals surface area (Å²) in [7, 11) is 0. The van der Waals surface area contributed by atoms with Crippen LogP contribution >= 0.6 is 12.4 Å². The summed E-state index contributed by atoms with van der Waals surface area (Å²) >= 11 is 0. The van der Waals surface area contributed by atoms with E-state index >= 15 is 0 Å². The molecule has 2 N–H and O–H groups in total. The second-order valence-electron chi connectivity index (χ2n) is 5.09. The van der Waals surface area contributed by atoms with Crippen LogP contribution in [-0.2, 0) is 10.2 Å². The Kier molecular flexibility index (Phi) is 5.54. The number of carbonyl (C=O) groups excluding carboxylic acids is 1. The van der Waals surface area contributed by atoms with Crippen LogP contribution in [0.2, 0.25) is 0 Å². The van der Waals surface area contributed by atoms with Crippen molar-refractivity contribution in [2.75, 3.05) is 19.6 Å². The molecule has 0 radical (unpaired) electrons. The van der Waals surface area contributed by atoms with Crippen molar-refractivity contribution in [3.05, 3.63) is 35.6 Å². The number of nitrogens with zero attached hydrogens (tertiary/aromatic N) is 1. The van der Waals surface area contributed by atoms with Gasteiger partial charge in [0, 0.05) is 13.1 Å². The van der Waals surface area contributed by atoms with E-state index in [2.05, 4.69) is 0 Å². The van der Waals surface area contributed by atoms with Crippen LogP contribution in [0.25, 0.3) is 0 Å². The van der Waals surface area contributed by atoms with Crippen LogP contribution in [0.15, 0.2) is 24.3 Å². The second kappa shape index (κ2) is 6.55. The fraction of sp³-hybridized carbons (Fsp3) is 0.533. The summed E-state index contributed by atoms with van der Waals surface area (Å²) in [6.07, 6.45) is 0.768. The highest BCUT2D eigenvalue weighted by atomic mass is 35.5. The molecule has 0 heterocycles. The highest BCUT2D eigenvalue weighted by Crippen LogP contribution is 2.54. The molecule has 0 aliphatic heterocycles. The fourth-order valence-corrected chi connectivity index (χ4v) is 2.89. The number of carbonyl (C=O) groups is 1. The van der Waals surface area contributed by atoms with Crippen molar-refractivity contribution in [2.24, 2.45) is 11.7 Å². The predicted octanol–water partition coefficient (Wildman–Crippen LogP) is 2.33. The van der Waals surface area contributed by atoms with E-state index in [0.29, 0.717) is 19.6 Å². The van der Waals surface area contributed by atoms with Gasteiger partial charge in [0.25, 0.3) is 0 Å². The average molecular weight is 301 g/mol. The van der Waals surface area contributed by atoms with Gasteiger partial charge in [-0.2, -0.15) is 0 Å². The van der Waals surface area contributed by atoms with Gasteiger partial charge in [-0.3, -0.25) is 4.79 Å². The molecule has 112 valence electrons. The van der Waals surface area contributed by atoms with E-state index in [1.807, 2.05) is 18.7 Å². The lowest BCUT2D eigenvalue weighted by atomic mass is 9.91. The van der Waals surface area contributed by atoms with Crippen molar-refractivity contribution < 1.29 is 9.18 Å². The number of amides is 1. The molecule has 1 amide bonds. The highest BCUT2D eigenvalue weighted by molar-refractivity contribution is 5.92. The molecule has 5 heteroatoms. The molecule has 1 aliphatic carbocycles. The number of hydrogen-bond donors (Lipinski definition) is 1. The van der Waals surface area contributed by atoms with E-state index in [-0.39, 0.29) is 30.0 Å². The quantitative estimate of drug-likeness (QED) is 0.907. The lowest BCUT2D eigenvalue weighted by molar-refractivity contribution is -0.134. The van der Waals surface area contributed by atoms with Crippen molar-refractivity contribution in [1.29, 1.82) is 0 Å². The van der Waals surface area contributed by atoms with Gasteiger partial charge in [-0.25, -0.2) is 4.39 Å². The summed E-state index contributed by atoms with van der Waals surface area (Å²) in [6.45, 7) is 5.81. The van der Waals surface area contributed by atoms with Gasteiger partial charge in [0.1, 0.15) is 5.82 Å². The zero-order chi connectivity index (χ0) is 14.0. The Hall–Kier alpha value is -1.13. The van der Waals surface area contributed by atoms with Crippen molar-refractivity contribution in [1.82, 2.24) is 4.90 Å². The van der Waals surface area contributed by atoms with Gasteiger partial charge >= 0.3 is 0 Å². The van der Waals surface area contributed by atoms with E-state index in [1.54, 1.807) is 12.1 Å². The molecule has 0 bridgehead atoms. The molecule has 1 aromatic carbocycles. The van der Waals surface area contributed by atoms with E-state index in [9.17, 15) is 9.18 Å². The maximum atomic E-state index is 13.0. The van der Waals surface area contributed by atoms with Crippen molar-refractivity contribution >= 4 is 18.3 Å². The predicted molar refractivity (Wildman–Crippen MR) is 80.4 cm³/mol. The van der Waals surface area contributed by atoms with E-state index in [1.165, 1.54) is 12.1 Å². The third kappa shape index (κ3) is 2.67. The van der Waals surface area contributed by atoms with Crippen molar-refractivity contribution in [2.45, 2.75) is 25.7 Å². The first kappa shape index (κ1) is 16.9. The first-order chi connectivity index (χ1) is 9.09. The molecule has 1 saturated carbocycles. The first-order valence-electron chi connectivity index (χ1n) is 6.85. The Morgan fingerprint density at radius 2 is 1.90 bits per heavy atom. The van der Waals surface area contributed by atoms with E-state index in [4.69, 9.17) is 5.73 Å². The van der Waals surface area contributed by atoms with Gasteiger partial charge in [0.2, 0.25) is 5.91 Å². The third-order valence-corrected chi connectivity index (χ3v) is 4.18. The van der Waals surface area contributed by atoms with Gasteiger partial charge in [0.05, 0.1) is 5.41 Å². The number of halogens is 2. The van der Waals surface area contributed by atoms with Crippen molar-refractivity contribution in [3.8, 4) is 0 Å². The van der Waals surface area contributed by atoms with Crippen LogP contribution in [0, 0.1) is 11.7 Å². The normalized spacial score (nSPS) is 23.9. The van der Waals surface area contributed by atoms with E-state index in [0.717, 1.165) is 12.0 Å². The standard InChI is InChI=1S/C15H21FN2O.ClH/c1-3-18(4-2)14(19)15(9-12(15)10-17)11-5-7-13(16)8-6-11;/h5-8,12H,3-4,9-10,17H2,1-2H3;1H. The summed E-state index contributed by atoms with van der Waals surface area (Å²) in [4.78, 5) is 14.6. The molecule has 2 atom stereocenters. The smallest absolute Gasteiger partial charge is 0.233 e. The summed E-state index contributed by atoms with van der Waals surface area (Å²) in [5.74, 6) is 0.0183. The zero-order valence-electron chi connectivity index (χ0n) is 11.9. The molecule has 20 heavy (non-hydrogen) atoms. The number of benzene rings is 1. The van der Waals surface area contributed by atoms with Gasteiger partial charge in [0.15, 0.2) is 0 Å². The number of hydrogen-bond acceptors (Lipinski definition) is 2. The number of nitrogens with two attached hydrogens (primary N) is 1. The van der Waals surface area contributed by atoms with Crippen LogP contribution < -0.4 is 5.73 Å². The lowest BCUT2D eigenvalue weighted by Gasteiger charge is -2.26. The number of likely N-dealkylation sites (N-methyl/N-ethyl adjacent to an activating group) is 1. The first-order valence-corrected chi connectivity index (χ1v) is 6.85. The minimum atomic E-state index is -0.519. The summed E-state index contributed by atoms with van der Waals surface area (Å²) in [6, 6.07) is 6.26. The molecule has 0 spiro atoms. The second-order valence-corrected chi connectivity index (χ2v) is 5.09. The zero-order valence-corrected chi connectivity index (χ0v) is 12.8. The Labute approximate surface area is 125 Å². The maximum Gasteiger partial charge on any atom is 0.233 e. The van der Waals surface area contributed by atoms with Gasteiger partial charge in [-0.15, -0.1) is 12.4 Å². The molecule has 1 aromatic rings. The van der Waals surface area contributed by atoms with Gasteiger partial charge < -0.3 is 10.6 Å². The molecule has 2 unspecified atom stereocenters. The molecular formula is C15H22ClFN2O. The topological polar surface area (TPSA) is 46.3 Å². The highest BCUT2D eigenvalue weighted by Gasteiger charge is 2.61. The SMILES string of the molecule is CCN(CC)C(=O)C1(c2ccc(F)cc2)CC1CN.Cl. The Bertz CT molecular complexity index is 461. The minimum Gasteiger partial charge on any atom is -0.342 e. The Morgan fingerprint density at radius 1 is 1.35 bits per heavy atom. The van der Waals surface area contributed by atoms with Crippen LogP contribution in [0.4, 0.5) is 4.39 Å². The van der Waals surface area contributed by atoms with Crippen LogP contribution in [0.1, 0.15) is 25.8 Å². The lowest BCUT2D eigenvalue weighted by Crippen LogP contribution is -2.40. The Balaban J connectivity index is 0.00000200. The monoisotopic (exact) mass is 300 g/mol. The molecule has 2 rings (SSSR count). The molecule has 0 aromatic heterocycles. The molecule has 1 fully saturated rings. The fourth-order valence-electron chi connectivity index (χ4n) is 2.89. The average Bonchev–Trinajstić information content (AvgIpc) is 3.16. The van der Waals surface area contributed by atoms with Gasteiger partial charge in [-0.05, 0) is 50.4 Å². The van der Waals surface area contributed by atoms with Crippen LogP contribution in [0.5, 0.6) is 0 Å². The third-order valence-electron chi connectivity index (χ3n) is 4.18. The molecule has 1 aliphatic rings. The summed E-state index contributed by atoms with van der Waals surface area (Å²) in [5.41, 5.74) is 6.12. The number of rotatable bonds is 5. The minimum absolute atomic E-state index is 0. The summed E-state index contributed by atoms with van der Waals surface area (Å²) < 4.78 is 13.0. The van der Waals surface area contributed by atoms with Crippen molar-refractivity contribution in [3.63, 3.8) is 0 Å². The van der Waals surface area contributed by atoms with E-state index < -0.39 is 5.41 Å². The maximum absolute atomic E-state index is 13.0. The largest absolute Gasteiger partial charge is 0.342 e.